The van der Waals surface area contributed by atoms with Gasteiger partial charge in [-0.3, -0.25) is 4.99 Å². The molecule has 46 heavy (non-hydrogen) atoms. The van der Waals surface area contributed by atoms with E-state index in [4.69, 9.17) is 0 Å². The van der Waals surface area contributed by atoms with Gasteiger partial charge in [0.15, 0.2) is 0 Å². The number of fused-ring (bicyclic) bond motifs is 10. The fraction of sp³-hybridized carbons (Fsp3) is 0.0238. The summed E-state index contributed by atoms with van der Waals surface area (Å²) < 4.78 is 6.15. The minimum atomic E-state index is 0.941. The summed E-state index contributed by atoms with van der Waals surface area (Å²) in [6.07, 6.45) is 4.31. The smallest absolute Gasteiger partial charge is 0.123 e. The lowest BCUT2D eigenvalue weighted by atomic mass is 10.0. The zero-order valence-electron chi connectivity index (χ0n) is 25.3. The van der Waals surface area contributed by atoms with Crippen LogP contribution in [0.25, 0.3) is 82.3 Å². The van der Waals surface area contributed by atoms with Crippen molar-refractivity contribution in [2.45, 2.75) is 6.92 Å². The SMILES string of the molecule is C=Nc1sc2c(c1/C=C\C)c1c(c3ccccc3n1-c1ccccc1)c1c2c2ccccc2n1-c1ccc(-c2ccccc2)cc1. The first-order valence-corrected chi connectivity index (χ1v) is 16.4. The van der Waals surface area contributed by atoms with Crippen molar-refractivity contribution in [1.82, 2.24) is 9.13 Å². The van der Waals surface area contributed by atoms with E-state index in [0.29, 0.717) is 0 Å². The first-order valence-electron chi connectivity index (χ1n) is 15.5. The first-order chi connectivity index (χ1) is 22.8. The Morgan fingerprint density at radius 2 is 1.09 bits per heavy atom. The van der Waals surface area contributed by atoms with Crippen LogP contribution in [0.5, 0.6) is 0 Å². The second-order valence-corrected chi connectivity index (χ2v) is 12.6. The summed E-state index contributed by atoms with van der Waals surface area (Å²) in [6.45, 7) is 6.09. The predicted octanol–water partition coefficient (Wildman–Crippen LogP) is 12.1. The van der Waals surface area contributed by atoms with Gasteiger partial charge in [0.1, 0.15) is 5.00 Å². The van der Waals surface area contributed by atoms with Gasteiger partial charge < -0.3 is 9.13 Å². The van der Waals surface area contributed by atoms with E-state index in [9.17, 15) is 0 Å². The van der Waals surface area contributed by atoms with Gasteiger partial charge in [0.05, 0.1) is 22.1 Å². The van der Waals surface area contributed by atoms with E-state index >= 15 is 0 Å². The molecule has 0 saturated heterocycles. The van der Waals surface area contributed by atoms with Gasteiger partial charge in [-0.1, -0.05) is 109 Å². The Morgan fingerprint density at radius 3 is 1.72 bits per heavy atom. The molecular formula is C42H29N3S. The number of thiophene rings is 1. The number of benzene rings is 6. The van der Waals surface area contributed by atoms with Gasteiger partial charge in [0.2, 0.25) is 0 Å². The summed E-state index contributed by atoms with van der Waals surface area (Å²) in [5.41, 5.74) is 10.6. The molecule has 0 spiro atoms. The topological polar surface area (TPSA) is 22.2 Å². The molecule has 0 atom stereocenters. The van der Waals surface area contributed by atoms with Gasteiger partial charge in [-0.2, -0.15) is 0 Å². The number of aromatic nitrogens is 2. The van der Waals surface area contributed by atoms with Crippen molar-refractivity contribution < 1.29 is 0 Å². The van der Waals surface area contributed by atoms with Crippen LogP contribution in [0.1, 0.15) is 12.5 Å². The average molecular weight is 608 g/mol. The number of nitrogens with zero attached hydrogens (tertiary/aromatic N) is 3. The van der Waals surface area contributed by atoms with Crippen LogP contribution in [0, 0.1) is 0 Å². The molecule has 0 bridgehead atoms. The molecule has 3 aromatic heterocycles. The number of hydrogen-bond donors (Lipinski definition) is 0. The molecule has 0 aliphatic heterocycles. The maximum atomic E-state index is 4.58. The van der Waals surface area contributed by atoms with Gasteiger partial charge in [-0.25, -0.2) is 0 Å². The highest BCUT2D eigenvalue weighted by molar-refractivity contribution is 7.24. The Hall–Kier alpha value is -5.71. The normalized spacial score (nSPS) is 12.0. The van der Waals surface area contributed by atoms with Crippen molar-refractivity contribution in [2.75, 3.05) is 0 Å². The summed E-state index contributed by atoms with van der Waals surface area (Å²) in [5.74, 6) is 0. The minimum Gasteiger partial charge on any atom is -0.308 e. The molecule has 4 heteroatoms. The second kappa shape index (κ2) is 10.4. The van der Waals surface area contributed by atoms with Crippen LogP contribution in [-0.2, 0) is 0 Å². The largest absolute Gasteiger partial charge is 0.308 e. The Morgan fingerprint density at radius 1 is 0.565 bits per heavy atom. The highest BCUT2D eigenvalue weighted by Crippen LogP contribution is 2.52. The Bertz CT molecular complexity index is 2630. The molecule has 0 amide bonds. The van der Waals surface area contributed by atoms with Crippen LogP contribution < -0.4 is 0 Å². The van der Waals surface area contributed by atoms with Crippen LogP contribution in [-0.4, -0.2) is 15.9 Å². The molecule has 218 valence electrons. The van der Waals surface area contributed by atoms with Crippen LogP contribution in [0.3, 0.4) is 0 Å². The van der Waals surface area contributed by atoms with E-state index in [-0.39, 0.29) is 0 Å². The van der Waals surface area contributed by atoms with Crippen LogP contribution >= 0.6 is 11.3 Å². The van der Waals surface area contributed by atoms with Crippen molar-refractivity contribution in [2.24, 2.45) is 4.99 Å². The zero-order chi connectivity index (χ0) is 30.8. The van der Waals surface area contributed by atoms with E-state index in [1.54, 1.807) is 11.3 Å². The molecule has 0 aliphatic rings. The van der Waals surface area contributed by atoms with Gasteiger partial charge in [-0.05, 0) is 61.2 Å². The highest BCUT2D eigenvalue weighted by Gasteiger charge is 2.27. The third-order valence-corrected chi connectivity index (χ3v) is 10.3. The molecule has 0 saturated carbocycles. The lowest BCUT2D eigenvalue weighted by Crippen LogP contribution is -1.96. The maximum Gasteiger partial charge on any atom is 0.123 e. The molecule has 3 nitrogen and oxygen atoms in total. The fourth-order valence-corrected chi connectivity index (χ4v) is 8.41. The van der Waals surface area contributed by atoms with Crippen molar-refractivity contribution in [3.63, 3.8) is 0 Å². The number of aliphatic imine (C=N–C) groups is 1. The summed E-state index contributed by atoms with van der Waals surface area (Å²) in [4.78, 5) is 4.58. The maximum absolute atomic E-state index is 4.58. The molecule has 0 radical (unpaired) electrons. The Kier molecular flexibility index (Phi) is 6.05. The molecule has 6 aromatic carbocycles. The van der Waals surface area contributed by atoms with Crippen LogP contribution in [0.15, 0.2) is 145 Å². The standard InChI is InChI=1S/C42H29N3S/c1-3-14-33-38-40-36(31-19-10-12-21-34(31)44(40)29-17-8-5-9-18-29)39-37(41(38)46-42(33)43-2)32-20-11-13-22-35(32)45(39)30-25-23-28(24-26-30)27-15-6-4-7-16-27/h3-26H,2H2,1H3/b14-3-. The Labute approximate surface area is 270 Å². The van der Waals surface area contributed by atoms with E-state index in [1.165, 1.54) is 64.8 Å². The third-order valence-electron chi connectivity index (χ3n) is 9.10. The molecular weight excluding hydrogens is 579 g/mol. The van der Waals surface area contributed by atoms with E-state index < -0.39 is 0 Å². The molecule has 3 heterocycles. The Balaban J connectivity index is 1.54. The number of hydrogen-bond acceptors (Lipinski definition) is 2. The number of allylic oxidation sites excluding steroid dienone is 1. The molecule has 9 aromatic rings. The van der Waals surface area contributed by atoms with E-state index in [0.717, 1.165) is 21.9 Å². The fourth-order valence-electron chi connectivity index (χ4n) is 7.25. The summed E-state index contributed by atoms with van der Waals surface area (Å²) in [5, 5.41) is 7.11. The first kappa shape index (κ1) is 26.7. The van der Waals surface area contributed by atoms with E-state index in [1.807, 2.05) is 0 Å². The molecule has 9 rings (SSSR count). The van der Waals surface area contributed by atoms with Gasteiger partial charge >= 0.3 is 0 Å². The average Bonchev–Trinajstić information content (AvgIpc) is 3.77. The van der Waals surface area contributed by atoms with Gasteiger partial charge in [0, 0.05) is 48.6 Å². The summed E-state index contributed by atoms with van der Waals surface area (Å²) in [7, 11) is 0. The minimum absolute atomic E-state index is 0.941. The van der Waals surface area contributed by atoms with Crippen LogP contribution in [0.4, 0.5) is 5.00 Å². The molecule has 0 unspecified atom stereocenters. The quantitative estimate of drug-likeness (QED) is 0.174. The van der Waals surface area contributed by atoms with Crippen molar-refractivity contribution in [3.8, 4) is 22.5 Å². The highest BCUT2D eigenvalue weighted by atomic mass is 32.1. The lowest BCUT2D eigenvalue weighted by molar-refractivity contribution is 1.18. The molecule has 0 fully saturated rings. The lowest BCUT2D eigenvalue weighted by Gasteiger charge is -2.12. The zero-order valence-corrected chi connectivity index (χ0v) is 26.1. The molecule has 0 N–H and O–H groups in total. The van der Waals surface area contributed by atoms with Crippen LogP contribution in [0.2, 0.25) is 0 Å². The summed E-state index contributed by atoms with van der Waals surface area (Å²) >= 11 is 1.74. The van der Waals surface area contributed by atoms with Gasteiger partial charge in [0.25, 0.3) is 0 Å². The number of rotatable bonds is 5. The number of para-hydroxylation sites is 3. The monoisotopic (exact) mass is 607 g/mol. The summed E-state index contributed by atoms with van der Waals surface area (Å²) in [6, 6.07) is 47.9. The van der Waals surface area contributed by atoms with Gasteiger partial charge in [-0.15, -0.1) is 11.3 Å². The van der Waals surface area contributed by atoms with Crippen molar-refractivity contribution in [1.29, 1.82) is 0 Å². The van der Waals surface area contributed by atoms with Crippen molar-refractivity contribution in [3.05, 3.63) is 145 Å². The van der Waals surface area contributed by atoms with E-state index in [2.05, 4.69) is 173 Å². The van der Waals surface area contributed by atoms with Crippen molar-refractivity contribution >= 4 is 82.8 Å². The third kappa shape index (κ3) is 3.74. The predicted molar refractivity (Wildman–Crippen MR) is 200 cm³/mol. The second-order valence-electron chi connectivity index (χ2n) is 11.6. The molecule has 0 aliphatic carbocycles.